The van der Waals surface area contributed by atoms with Gasteiger partial charge >= 0.3 is 0 Å². The molecule has 1 aliphatic heterocycles. The molecule has 0 spiro atoms. The molecule has 8 nitrogen and oxygen atoms in total. The van der Waals surface area contributed by atoms with Gasteiger partial charge in [-0.05, 0) is 48.2 Å². The van der Waals surface area contributed by atoms with E-state index in [1.807, 2.05) is 48.5 Å². The van der Waals surface area contributed by atoms with Crippen LogP contribution in [0.1, 0.15) is 17.0 Å². The molecule has 0 radical (unpaired) electrons. The van der Waals surface area contributed by atoms with Crippen LogP contribution in [0, 0.1) is 0 Å². The molecule has 1 aliphatic rings. The first-order valence-electron chi connectivity index (χ1n) is 10.7. The summed E-state index contributed by atoms with van der Waals surface area (Å²) in [5, 5.41) is 1.58. The third kappa shape index (κ3) is 4.08. The van der Waals surface area contributed by atoms with Gasteiger partial charge in [0.1, 0.15) is 11.6 Å². The van der Waals surface area contributed by atoms with Crippen LogP contribution < -0.4 is 5.56 Å². The molecule has 2 N–H and O–H groups in total. The second-order valence-electron chi connectivity index (χ2n) is 7.92. The van der Waals surface area contributed by atoms with Gasteiger partial charge in [-0.3, -0.25) is 14.7 Å². The molecule has 9 heteroatoms. The van der Waals surface area contributed by atoms with Gasteiger partial charge in [-0.2, -0.15) is 0 Å². The molecular weight excluding hydrogens is 436 g/mol. The van der Waals surface area contributed by atoms with Crippen molar-refractivity contribution in [3.8, 4) is 11.4 Å². The molecular formula is C24H20N6O2S. The number of benzene rings is 1. The Morgan fingerprint density at radius 1 is 1.06 bits per heavy atom. The first kappa shape index (κ1) is 20.0. The van der Waals surface area contributed by atoms with Gasteiger partial charge in [0.2, 0.25) is 0 Å². The average molecular weight is 457 g/mol. The van der Waals surface area contributed by atoms with E-state index >= 15 is 0 Å². The minimum Gasteiger partial charge on any atom is -0.453 e. The van der Waals surface area contributed by atoms with Crippen LogP contribution in [0.15, 0.2) is 80.4 Å². The maximum absolute atomic E-state index is 12.8. The summed E-state index contributed by atoms with van der Waals surface area (Å²) in [4.78, 5) is 34.6. The van der Waals surface area contributed by atoms with E-state index in [4.69, 9.17) is 9.40 Å². The number of hydrogen-bond acceptors (Lipinski definition) is 7. The zero-order valence-corrected chi connectivity index (χ0v) is 18.4. The minimum absolute atomic E-state index is 0.0934. The van der Waals surface area contributed by atoms with Crippen LogP contribution in [-0.2, 0) is 19.5 Å². The van der Waals surface area contributed by atoms with E-state index in [-0.39, 0.29) is 5.56 Å². The Kier molecular flexibility index (Phi) is 5.04. The third-order valence-corrected chi connectivity index (χ3v) is 6.47. The lowest BCUT2D eigenvalue weighted by molar-refractivity contribution is 0.217. The number of rotatable bonds is 5. The van der Waals surface area contributed by atoms with Crippen LogP contribution in [-0.4, -0.2) is 36.4 Å². The quantitative estimate of drug-likeness (QED) is 0.412. The van der Waals surface area contributed by atoms with Crippen molar-refractivity contribution in [2.45, 2.75) is 29.8 Å². The number of aromatic amines is 2. The van der Waals surface area contributed by atoms with Crippen molar-refractivity contribution in [1.82, 2.24) is 29.8 Å². The molecule has 0 amide bonds. The number of pyridine rings is 1. The maximum atomic E-state index is 12.8. The molecule has 5 heterocycles. The molecule has 0 aliphatic carbocycles. The largest absolute Gasteiger partial charge is 0.453 e. The summed E-state index contributed by atoms with van der Waals surface area (Å²) in [7, 11) is 0. The number of H-pyrrole nitrogens is 2. The Bertz CT molecular complexity index is 1460. The molecule has 0 fully saturated rings. The number of furan rings is 1. The number of hydrogen-bond donors (Lipinski definition) is 2. The number of imidazole rings is 1. The van der Waals surface area contributed by atoms with Crippen molar-refractivity contribution in [1.29, 1.82) is 0 Å². The average Bonchev–Trinajstić information content (AvgIpc) is 3.46. The lowest BCUT2D eigenvalue weighted by atomic mass is 10.1. The molecule has 164 valence electrons. The highest BCUT2D eigenvalue weighted by molar-refractivity contribution is 7.99. The Labute approximate surface area is 193 Å². The molecule has 33 heavy (non-hydrogen) atoms. The van der Waals surface area contributed by atoms with E-state index in [2.05, 4.69) is 24.8 Å². The lowest BCUT2D eigenvalue weighted by Crippen LogP contribution is -2.35. The van der Waals surface area contributed by atoms with Gasteiger partial charge in [-0.1, -0.05) is 12.1 Å². The molecule has 5 aromatic rings. The van der Waals surface area contributed by atoms with Gasteiger partial charge in [-0.15, -0.1) is 0 Å². The monoisotopic (exact) mass is 456 g/mol. The van der Waals surface area contributed by atoms with Crippen molar-refractivity contribution in [3.63, 3.8) is 0 Å². The highest BCUT2D eigenvalue weighted by atomic mass is 32.2. The number of nitrogens with one attached hydrogen (secondary N) is 2. The van der Waals surface area contributed by atoms with Crippen molar-refractivity contribution in [2.24, 2.45) is 0 Å². The standard InChI is InChI=1S/C24H20N6O2S/c31-23-17-14-30(11-9-18(17)26-22(29-23)15-4-3-10-25-12-15)13-16-7-8-21(32-16)33-24-27-19-5-1-2-6-20(19)28-24/h1-8,10,12H,9,11,13-14H2,(H,27,28)(H,26,29,31). The second-order valence-corrected chi connectivity index (χ2v) is 8.92. The number of aromatic nitrogens is 5. The molecule has 1 aromatic carbocycles. The summed E-state index contributed by atoms with van der Waals surface area (Å²) in [6.07, 6.45) is 4.12. The summed E-state index contributed by atoms with van der Waals surface area (Å²) >= 11 is 1.46. The summed E-state index contributed by atoms with van der Waals surface area (Å²) in [6, 6.07) is 15.6. The molecule has 0 bridgehead atoms. The number of nitrogens with zero attached hydrogens (tertiary/aromatic N) is 4. The van der Waals surface area contributed by atoms with Crippen molar-refractivity contribution >= 4 is 22.8 Å². The van der Waals surface area contributed by atoms with Crippen LogP contribution in [0.2, 0.25) is 0 Å². The Morgan fingerprint density at radius 3 is 2.88 bits per heavy atom. The van der Waals surface area contributed by atoms with Crippen molar-refractivity contribution in [3.05, 3.63) is 88.3 Å². The molecule has 0 saturated heterocycles. The Hall–Kier alpha value is -3.69. The van der Waals surface area contributed by atoms with Gasteiger partial charge in [0.25, 0.3) is 5.56 Å². The summed E-state index contributed by atoms with van der Waals surface area (Å²) < 4.78 is 6.03. The normalized spacial score (nSPS) is 13.9. The van der Waals surface area contributed by atoms with E-state index in [0.717, 1.165) is 50.4 Å². The predicted molar refractivity (Wildman–Crippen MR) is 125 cm³/mol. The molecule has 6 rings (SSSR count). The first-order valence-corrected chi connectivity index (χ1v) is 11.5. The van der Waals surface area contributed by atoms with Crippen LogP contribution in [0.4, 0.5) is 0 Å². The van der Waals surface area contributed by atoms with Crippen molar-refractivity contribution < 1.29 is 4.42 Å². The van der Waals surface area contributed by atoms with E-state index in [1.54, 1.807) is 12.4 Å². The fourth-order valence-electron chi connectivity index (χ4n) is 4.05. The van der Waals surface area contributed by atoms with Crippen molar-refractivity contribution in [2.75, 3.05) is 6.54 Å². The van der Waals surface area contributed by atoms with Crippen LogP contribution in [0.3, 0.4) is 0 Å². The van der Waals surface area contributed by atoms with E-state index in [0.29, 0.717) is 25.3 Å². The zero-order valence-electron chi connectivity index (χ0n) is 17.6. The third-order valence-electron chi connectivity index (χ3n) is 5.66. The highest BCUT2D eigenvalue weighted by Gasteiger charge is 2.22. The maximum Gasteiger partial charge on any atom is 0.255 e. The minimum atomic E-state index is -0.0934. The topological polar surface area (TPSA) is 104 Å². The molecule has 0 atom stereocenters. The molecule has 4 aromatic heterocycles. The second kappa shape index (κ2) is 8.34. The van der Waals surface area contributed by atoms with Crippen LogP contribution in [0.5, 0.6) is 0 Å². The Balaban J connectivity index is 1.15. The van der Waals surface area contributed by atoms with Gasteiger partial charge in [0.05, 0.1) is 28.8 Å². The zero-order chi connectivity index (χ0) is 22.2. The summed E-state index contributed by atoms with van der Waals surface area (Å²) in [5.41, 5.74) is 4.23. The fourth-order valence-corrected chi connectivity index (χ4v) is 4.83. The molecule has 0 saturated carbocycles. The van der Waals surface area contributed by atoms with Crippen LogP contribution >= 0.6 is 11.8 Å². The van der Waals surface area contributed by atoms with Gasteiger partial charge in [-0.25, -0.2) is 9.97 Å². The van der Waals surface area contributed by atoms with E-state index < -0.39 is 0 Å². The smallest absolute Gasteiger partial charge is 0.255 e. The van der Waals surface area contributed by atoms with Gasteiger partial charge in [0.15, 0.2) is 10.2 Å². The fraction of sp³-hybridized carbons (Fsp3) is 0.167. The van der Waals surface area contributed by atoms with E-state index in [9.17, 15) is 4.79 Å². The summed E-state index contributed by atoms with van der Waals surface area (Å²) in [5.74, 6) is 1.42. The number of para-hydroxylation sites is 2. The van der Waals surface area contributed by atoms with Crippen LogP contribution in [0.25, 0.3) is 22.4 Å². The van der Waals surface area contributed by atoms with E-state index in [1.165, 1.54) is 11.8 Å². The SMILES string of the molecule is O=c1[nH]c(-c2cccnc2)nc2c1CN(Cc1ccc(Sc3nc4ccccc4[nH]3)o1)CC2. The van der Waals surface area contributed by atoms with Gasteiger partial charge < -0.3 is 14.4 Å². The highest BCUT2D eigenvalue weighted by Crippen LogP contribution is 2.29. The Morgan fingerprint density at radius 2 is 2.00 bits per heavy atom. The molecule has 0 unspecified atom stereocenters. The van der Waals surface area contributed by atoms with Gasteiger partial charge in [0, 0.05) is 37.5 Å². The number of fused-ring (bicyclic) bond motifs is 2. The summed E-state index contributed by atoms with van der Waals surface area (Å²) in [6.45, 7) is 1.98. The first-order chi connectivity index (χ1) is 16.2. The predicted octanol–water partition coefficient (Wildman–Crippen LogP) is 4.01. The lowest BCUT2D eigenvalue weighted by Gasteiger charge is -2.26.